The third-order valence-corrected chi connectivity index (χ3v) is 4.60. The van der Waals surface area contributed by atoms with Crippen LogP contribution in [0.5, 0.6) is 0 Å². The Hall–Kier alpha value is -0.950. The van der Waals surface area contributed by atoms with Crippen molar-refractivity contribution in [2.24, 2.45) is 5.73 Å². The molecule has 2 N–H and O–H groups in total. The summed E-state index contributed by atoms with van der Waals surface area (Å²) < 4.78 is 30.5. The summed E-state index contributed by atoms with van der Waals surface area (Å²) in [7, 11) is -0.366. The minimum Gasteiger partial charge on any atom is -0.383 e. The van der Waals surface area contributed by atoms with Crippen LogP contribution in [-0.2, 0) is 14.8 Å². The van der Waals surface area contributed by atoms with E-state index in [1.165, 1.54) is 18.5 Å². The fraction of sp³-hybridized carbons (Fsp3) is 0.500. The summed E-state index contributed by atoms with van der Waals surface area (Å²) in [6.45, 7) is 2.55. The first-order valence-corrected chi connectivity index (χ1v) is 7.14. The van der Waals surface area contributed by atoms with Gasteiger partial charge in [0.05, 0.1) is 11.5 Å². The van der Waals surface area contributed by atoms with Gasteiger partial charge in [0, 0.05) is 26.7 Å². The minimum atomic E-state index is -3.44. The Morgan fingerprint density at radius 1 is 1.33 bits per heavy atom. The Kier molecular flexibility index (Phi) is 5.28. The van der Waals surface area contributed by atoms with Crippen LogP contribution in [-0.4, -0.2) is 40.0 Å². The summed E-state index contributed by atoms with van der Waals surface area (Å²) in [5.74, 6) is 0. The molecule has 1 aromatic carbocycles. The average molecular weight is 272 g/mol. The third-order valence-electron chi connectivity index (χ3n) is 2.72. The van der Waals surface area contributed by atoms with Gasteiger partial charge in [-0.05, 0) is 24.6 Å². The van der Waals surface area contributed by atoms with Crippen molar-refractivity contribution in [3.05, 3.63) is 29.8 Å². The molecule has 0 radical (unpaired) electrons. The first-order valence-electron chi connectivity index (χ1n) is 5.70. The Bertz CT molecular complexity index is 469. The minimum absolute atomic E-state index is 0.104. The Morgan fingerprint density at radius 2 is 1.89 bits per heavy atom. The monoisotopic (exact) mass is 272 g/mol. The van der Waals surface area contributed by atoms with Crippen molar-refractivity contribution < 1.29 is 13.2 Å². The molecule has 1 atom stereocenters. The van der Waals surface area contributed by atoms with Crippen LogP contribution in [0.2, 0.25) is 0 Å². The van der Waals surface area contributed by atoms with Gasteiger partial charge in [-0.15, -0.1) is 0 Å². The lowest BCUT2D eigenvalue weighted by Crippen LogP contribution is -2.30. The van der Waals surface area contributed by atoms with Gasteiger partial charge in [0.1, 0.15) is 0 Å². The highest BCUT2D eigenvalue weighted by atomic mass is 32.2. The van der Waals surface area contributed by atoms with E-state index < -0.39 is 10.0 Å². The van der Waals surface area contributed by atoms with Crippen molar-refractivity contribution in [3.8, 4) is 0 Å². The van der Waals surface area contributed by atoms with Gasteiger partial charge in [0.25, 0.3) is 0 Å². The van der Waals surface area contributed by atoms with Gasteiger partial charge in [-0.2, -0.15) is 4.31 Å². The van der Waals surface area contributed by atoms with E-state index in [-0.39, 0.29) is 10.9 Å². The molecule has 0 heterocycles. The van der Waals surface area contributed by atoms with Gasteiger partial charge in [-0.3, -0.25) is 0 Å². The summed E-state index contributed by atoms with van der Waals surface area (Å²) >= 11 is 0. The second-order valence-corrected chi connectivity index (χ2v) is 6.22. The van der Waals surface area contributed by atoms with Crippen LogP contribution in [0.15, 0.2) is 29.2 Å². The molecule has 0 aliphatic carbocycles. The van der Waals surface area contributed by atoms with E-state index in [0.29, 0.717) is 13.2 Å². The number of hydrogen-bond acceptors (Lipinski definition) is 4. The van der Waals surface area contributed by atoms with Crippen molar-refractivity contribution in [1.82, 2.24) is 4.31 Å². The van der Waals surface area contributed by atoms with Crippen LogP contribution in [0.3, 0.4) is 0 Å². The molecule has 0 saturated heterocycles. The van der Waals surface area contributed by atoms with Crippen LogP contribution in [0.4, 0.5) is 0 Å². The van der Waals surface area contributed by atoms with Crippen molar-refractivity contribution in [2.75, 3.05) is 27.3 Å². The molecule has 0 aliphatic rings. The molecule has 1 rings (SSSR count). The van der Waals surface area contributed by atoms with Crippen molar-refractivity contribution in [1.29, 1.82) is 0 Å². The lowest BCUT2D eigenvalue weighted by Gasteiger charge is -2.17. The number of sulfonamides is 1. The molecular formula is C12H20N2O3S. The zero-order valence-electron chi connectivity index (χ0n) is 11.0. The summed E-state index contributed by atoms with van der Waals surface area (Å²) in [6.07, 6.45) is 0. The molecule has 1 aromatic rings. The molecule has 18 heavy (non-hydrogen) atoms. The van der Waals surface area contributed by atoms with E-state index in [1.807, 2.05) is 6.92 Å². The average Bonchev–Trinajstić information content (AvgIpc) is 2.35. The quantitative estimate of drug-likeness (QED) is 0.837. The molecule has 0 amide bonds. The fourth-order valence-electron chi connectivity index (χ4n) is 1.46. The number of nitrogens with zero attached hydrogens (tertiary/aromatic N) is 1. The van der Waals surface area contributed by atoms with Gasteiger partial charge >= 0.3 is 0 Å². The maximum absolute atomic E-state index is 12.2. The van der Waals surface area contributed by atoms with E-state index in [2.05, 4.69) is 0 Å². The van der Waals surface area contributed by atoms with Gasteiger partial charge in [0.2, 0.25) is 10.0 Å². The molecule has 5 nitrogen and oxygen atoms in total. The highest BCUT2D eigenvalue weighted by Crippen LogP contribution is 2.17. The first kappa shape index (κ1) is 15.1. The van der Waals surface area contributed by atoms with Crippen LogP contribution < -0.4 is 5.73 Å². The second kappa shape index (κ2) is 6.29. The number of hydrogen-bond donors (Lipinski definition) is 1. The summed E-state index contributed by atoms with van der Waals surface area (Å²) in [6, 6.07) is 6.53. The van der Waals surface area contributed by atoms with Crippen molar-refractivity contribution in [3.63, 3.8) is 0 Å². The second-order valence-electron chi connectivity index (χ2n) is 4.18. The van der Waals surface area contributed by atoms with E-state index in [9.17, 15) is 8.42 Å². The van der Waals surface area contributed by atoms with E-state index in [4.69, 9.17) is 10.5 Å². The standard InChI is InChI=1S/C12H20N2O3S/c1-10(13)11-4-6-12(7-5-11)18(15,16)14(2)8-9-17-3/h4-7,10H,8-9,13H2,1-3H3. The molecule has 1 unspecified atom stereocenters. The fourth-order valence-corrected chi connectivity index (χ4v) is 2.62. The highest BCUT2D eigenvalue weighted by Gasteiger charge is 2.20. The SMILES string of the molecule is COCCN(C)S(=O)(=O)c1ccc(C(C)N)cc1. The van der Waals surface area contributed by atoms with E-state index in [1.54, 1.807) is 24.3 Å². The Balaban J connectivity index is 2.91. The van der Waals surface area contributed by atoms with E-state index in [0.717, 1.165) is 5.56 Å². The first-order chi connectivity index (χ1) is 8.39. The Labute approximate surface area is 109 Å². The number of ether oxygens (including phenoxy) is 1. The van der Waals surface area contributed by atoms with Gasteiger partial charge in [-0.25, -0.2) is 8.42 Å². The predicted octanol–water partition coefficient (Wildman–Crippen LogP) is 0.973. The Morgan fingerprint density at radius 3 is 2.33 bits per heavy atom. The summed E-state index contributed by atoms with van der Waals surface area (Å²) in [5, 5.41) is 0. The number of benzene rings is 1. The topological polar surface area (TPSA) is 72.6 Å². The summed E-state index contributed by atoms with van der Waals surface area (Å²) in [4.78, 5) is 0.269. The van der Waals surface area contributed by atoms with Crippen LogP contribution in [0.25, 0.3) is 0 Å². The molecule has 0 fully saturated rings. The molecule has 0 aliphatic heterocycles. The summed E-state index contributed by atoms with van der Waals surface area (Å²) in [5.41, 5.74) is 6.63. The van der Waals surface area contributed by atoms with E-state index >= 15 is 0 Å². The lowest BCUT2D eigenvalue weighted by atomic mass is 10.1. The third kappa shape index (κ3) is 3.52. The zero-order valence-corrected chi connectivity index (χ0v) is 11.8. The maximum atomic E-state index is 12.2. The van der Waals surface area contributed by atoms with Crippen LogP contribution in [0, 0.1) is 0 Å². The molecule has 0 saturated carbocycles. The predicted molar refractivity (Wildman–Crippen MR) is 70.7 cm³/mol. The molecular weight excluding hydrogens is 252 g/mol. The molecule has 0 spiro atoms. The molecule has 0 aromatic heterocycles. The van der Waals surface area contributed by atoms with Crippen molar-refractivity contribution in [2.45, 2.75) is 17.9 Å². The molecule has 6 heteroatoms. The van der Waals surface area contributed by atoms with Gasteiger partial charge in [-0.1, -0.05) is 12.1 Å². The maximum Gasteiger partial charge on any atom is 0.242 e. The number of methoxy groups -OCH3 is 1. The molecule has 102 valence electrons. The van der Waals surface area contributed by atoms with Crippen molar-refractivity contribution >= 4 is 10.0 Å². The molecule has 0 bridgehead atoms. The van der Waals surface area contributed by atoms with Gasteiger partial charge < -0.3 is 10.5 Å². The zero-order chi connectivity index (χ0) is 13.8. The largest absolute Gasteiger partial charge is 0.383 e. The van der Waals surface area contributed by atoms with Crippen LogP contribution >= 0.6 is 0 Å². The number of rotatable bonds is 6. The highest BCUT2D eigenvalue weighted by molar-refractivity contribution is 7.89. The van der Waals surface area contributed by atoms with Gasteiger partial charge in [0.15, 0.2) is 0 Å². The smallest absolute Gasteiger partial charge is 0.242 e. The number of likely N-dealkylation sites (N-methyl/N-ethyl adjacent to an activating group) is 1. The lowest BCUT2D eigenvalue weighted by molar-refractivity contribution is 0.185. The van der Waals surface area contributed by atoms with Crippen LogP contribution in [0.1, 0.15) is 18.5 Å². The normalized spacial score (nSPS) is 13.8. The number of nitrogens with two attached hydrogens (primary N) is 1.